The molecule has 0 aliphatic carbocycles. The van der Waals surface area contributed by atoms with Crippen molar-refractivity contribution in [1.82, 2.24) is 5.32 Å². The number of hydrogen-bond donors (Lipinski definition) is 1. The van der Waals surface area contributed by atoms with Crippen molar-refractivity contribution >= 4 is 11.8 Å². The molecule has 2 atom stereocenters. The Morgan fingerprint density at radius 1 is 1.43 bits per heavy atom. The third-order valence-corrected chi connectivity index (χ3v) is 3.69. The zero-order valence-electron chi connectivity index (χ0n) is 9.42. The van der Waals surface area contributed by atoms with Crippen molar-refractivity contribution in [2.75, 3.05) is 24.7 Å². The topological polar surface area (TPSA) is 21.3 Å². The van der Waals surface area contributed by atoms with E-state index in [2.05, 4.69) is 19.2 Å². The lowest BCUT2D eigenvalue weighted by Crippen LogP contribution is -2.38. The fourth-order valence-electron chi connectivity index (χ4n) is 1.82. The summed E-state index contributed by atoms with van der Waals surface area (Å²) < 4.78 is 5.44. The Morgan fingerprint density at radius 3 is 3.07 bits per heavy atom. The highest BCUT2D eigenvalue weighted by atomic mass is 32.2. The highest BCUT2D eigenvalue weighted by Gasteiger charge is 2.14. The van der Waals surface area contributed by atoms with E-state index in [0.717, 1.165) is 13.2 Å². The maximum absolute atomic E-state index is 5.44. The average molecular weight is 217 g/mol. The summed E-state index contributed by atoms with van der Waals surface area (Å²) in [5, 5.41) is 3.69. The van der Waals surface area contributed by atoms with Gasteiger partial charge in [0.1, 0.15) is 0 Å². The second-order valence-corrected chi connectivity index (χ2v) is 5.29. The maximum atomic E-state index is 5.44. The van der Waals surface area contributed by atoms with Crippen molar-refractivity contribution in [3.63, 3.8) is 0 Å². The molecule has 0 radical (unpaired) electrons. The second-order valence-electron chi connectivity index (χ2n) is 3.97. The molecule has 2 unspecified atom stereocenters. The van der Waals surface area contributed by atoms with E-state index in [1.807, 2.05) is 11.8 Å². The smallest absolute Gasteiger partial charge is 0.0480 e. The molecule has 3 heteroatoms. The van der Waals surface area contributed by atoms with Crippen molar-refractivity contribution < 1.29 is 4.74 Å². The lowest BCUT2D eigenvalue weighted by atomic mass is 10.1. The van der Waals surface area contributed by atoms with E-state index in [9.17, 15) is 0 Å². The van der Waals surface area contributed by atoms with E-state index in [-0.39, 0.29) is 0 Å². The van der Waals surface area contributed by atoms with Gasteiger partial charge < -0.3 is 10.1 Å². The van der Waals surface area contributed by atoms with Crippen LogP contribution in [0, 0.1) is 0 Å². The summed E-state index contributed by atoms with van der Waals surface area (Å²) >= 11 is 2.02. The first-order valence-electron chi connectivity index (χ1n) is 5.74. The first kappa shape index (κ1) is 12.3. The first-order valence-corrected chi connectivity index (χ1v) is 6.90. The standard InChI is InChI=1S/C11H23NOS/c1-3-14-9-10(2)12-11-5-4-7-13-8-6-11/h10-12H,3-9H2,1-2H3. The zero-order valence-corrected chi connectivity index (χ0v) is 10.2. The Morgan fingerprint density at radius 2 is 2.29 bits per heavy atom. The molecule has 2 nitrogen and oxygen atoms in total. The first-order chi connectivity index (χ1) is 6.83. The second kappa shape index (κ2) is 7.55. The van der Waals surface area contributed by atoms with Gasteiger partial charge >= 0.3 is 0 Å². The Balaban J connectivity index is 2.13. The van der Waals surface area contributed by atoms with Crippen LogP contribution in [0.2, 0.25) is 0 Å². The van der Waals surface area contributed by atoms with Crippen LogP contribution in [0.15, 0.2) is 0 Å². The summed E-state index contributed by atoms with van der Waals surface area (Å²) in [7, 11) is 0. The maximum Gasteiger partial charge on any atom is 0.0480 e. The van der Waals surface area contributed by atoms with Crippen LogP contribution in [-0.2, 0) is 4.74 Å². The van der Waals surface area contributed by atoms with Crippen molar-refractivity contribution in [3.8, 4) is 0 Å². The lowest BCUT2D eigenvalue weighted by molar-refractivity contribution is 0.142. The van der Waals surface area contributed by atoms with Crippen molar-refractivity contribution in [2.24, 2.45) is 0 Å². The van der Waals surface area contributed by atoms with Gasteiger partial charge in [-0.15, -0.1) is 0 Å². The highest BCUT2D eigenvalue weighted by molar-refractivity contribution is 7.99. The fourth-order valence-corrected chi connectivity index (χ4v) is 2.50. The molecule has 0 bridgehead atoms. The van der Waals surface area contributed by atoms with E-state index >= 15 is 0 Å². The molecular formula is C11H23NOS. The van der Waals surface area contributed by atoms with Crippen molar-refractivity contribution in [1.29, 1.82) is 0 Å². The van der Waals surface area contributed by atoms with E-state index < -0.39 is 0 Å². The largest absolute Gasteiger partial charge is 0.381 e. The highest BCUT2D eigenvalue weighted by Crippen LogP contribution is 2.10. The molecule has 0 spiro atoms. The van der Waals surface area contributed by atoms with E-state index in [1.165, 1.54) is 30.8 Å². The molecule has 84 valence electrons. The number of thioether (sulfide) groups is 1. The number of rotatable bonds is 5. The van der Waals surface area contributed by atoms with Gasteiger partial charge in [-0.25, -0.2) is 0 Å². The van der Waals surface area contributed by atoms with Crippen LogP contribution >= 0.6 is 11.8 Å². The molecule has 1 N–H and O–H groups in total. The van der Waals surface area contributed by atoms with Crippen LogP contribution < -0.4 is 5.32 Å². The zero-order chi connectivity index (χ0) is 10.2. The lowest BCUT2D eigenvalue weighted by Gasteiger charge is -2.21. The molecule has 1 rings (SSSR count). The van der Waals surface area contributed by atoms with Crippen molar-refractivity contribution in [3.05, 3.63) is 0 Å². The van der Waals surface area contributed by atoms with Gasteiger partial charge in [0.05, 0.1) is 0 Å². The van der Waals surface area contributed by atoms with Gasteiger partial charge in [-0.3, -0.25) is 0 Å². The molecule has 1 fully saturated rings. The van der Waals surface area contributed by atoms with Crippen LogP contribution in [0.25, 0.3) is 0 Å². The summed E-state index contributed by atoms with van der Waals surface area (Å²) in [6.45, 7) is 6.40. The third kappa shape index (κ3) is 5.23. The van der Waals surface area contributed by atoms with Crippen molar-refractivity contribution in [2.45, 2.75) is 45.2 Å². The minimum absolute atomic E-state index is 0.642. The SMILES string of the molecule is CCSCC(C)NC1CCCOCC1. The van der Waals surface area contributed by atoms with E-state index in [1.54, 1.807) is 0 Å². The van der Waals surface area contributed by atoms with Gasteiger partial charge in [0.2, 0.25) is 0 Å². The molecule has 0 saturated carbocycles. The molecule has 1 saturated heterocycles. The number of hydrogen-bond acceptors (Lipinski definition) is 3. The molecule has 0 aromatic rings. The molecule has 1 aliphatic rings. The minimum Gasteiger partial charge on any atom is -0.381 e. The van der Waals surface area contributed by atoms with Crippen LogP contribution in [0.4, 0.5) is 0 Å². The van der Waals surface area contributed by atoms with Crippen LogP contribution in [0.1, 0.15) is 33.1 Å². The third-order valence-electron chi connectivity index (χ3n) is 2.54. The van der Waals surface area contributed by atoms with E-state index in [0.29, 0.717) is 12.1 Å². The molecular weight excluding hydrogens is 194 g/mol. The van der Waals surface area contributed by atoms with Gasteiger partial charge in [-0.1, -0.05) is 6.92 Å². The Bertz CT molecular complexity index is 135. The molecule has 0 aromatic heterocycles. The van der Waals surface area contributed by atoms with Gasteiger partial charge in [0.15, 0.2) is 0 Å². The Hall–Kier alpha value is 0.270. The normalized spacial score (nSPS) is 25.7. The Labute approximate surface area is 92.2 Å². The van der Waals surface area contributed by atoms with Crippen LogP contribution in [0.3, 0.4) is 0 Å². The molecule has 0 amide bonds. The molecule has 1 heterocycles. The van der Waals surface area contributed by atoms with Gasteiger partial charge in [-0.05, 0) is 31.9 Å². The van der Waals surface area contributed by atoms with Gasteiger partial charge in [0.25, 0.3) is 0 Å². The van der Waals surface area contributed by atoms with E-state index in [4.69, 9.17) is 4.74 Å². The summed E-state index contributed by atoms with van der Waals surface area (Å²) in [5.74, 6) is 2.45. The summed E-state index contributed by atoms with van der Waals surface area (Å²) in [5.41, 5.74) is 0. The Kier molecular flexibility index (Phi) is 6.65. The number of nitrogens with one attached hydrogen (secondary N) is 1. The van der Waals surface area contributed by atoms with Crippen LogP contribution in [-0.4, -0.2) is 36.8 Å². The molecule has 1 aliphatic heterocycles. The molecule has 0 aromatic carbocycles. The van der Waals surface area contributed by atoms with Gasteiger partial charge in [0, 0.05) is 31.1 Å². The number of ether oxygens (including phenoxy) is 1. The average Bonchev–Trinajstić information content (AvgIpc) is 2.43. The quantitative estimate of drug-likeness (QED) is 0.763. The predicted molar refractivity (Wildman–Crippen MR) is 64.1 cm³/mol. The predicted octanol–water partition coefficient (Wildman–Crippen LogP) is 2.29. The van der Waals surface area contributed by atoms with Gasteiger partial charge in [-0.2, -0.15) is 11.8 Å². The summed E-state index contributed by atoms with van der Waals surface area (Å²) in [6, 6.07) is 1.33. The van der Waals surface area contributed by atoms with Crippen LogP contribution in [0.5, 0.6) is 0 Å². The minimum atomic E-state index is 0.642. The molecule has 14 heavy (non-hydrogen) atoms. The summed E-state index contributed by atoms with van der Waals surface area (Å²) in [4.78, 5) is 0. The summed E-state index contributed by atoms with van der Waals surface area (Å²) in [6.07, 6.45) is 3.67. The monoisotopic (exact) mass is 217 g/mol. The fraction of sp³-hybridized carbons (Fsp3) is 1.00.